The average molecular weight is 288 g/mol. The summed E-state index contributed by atoms with van der Waals surface area (Å²) in [7, 11) is 0. The molecule has 2 N–H and O–H groups in total. The van der Waals surface area contributed by atoms with E-state index in [2.05, 4.69) is 41.4 Å². The molecule has 1 saturated carbocycles. The van der Waals surface area contributed by atoms with Crippen LogP contribution in [0.2, 0.25) is 0 Å². The van der Waals surface area contributed by atoms with Gasteiger partial charge in [-0.3, -0.25) is 0 Å². The molecule has 0 bridgehead atoms. The number of aliphatic hydroxyl groups excluding tert-OH is 1. The van der Waals surface area contributed by atoms with E-state index in [0.717, 1.165) is 25.6 Å². The molecule has 2 atom stereocenters. The molecule has 3 rings (SSSR count). The lowest BCUT2D eigenvalue weighted by molar-refractivity contribution is 0.119. The number of β-amino-alcohol motifs (C(OH)–C–C–N with tert-alkyl or cyclic N) is 1. The van der Waals surface area contributed by atoms with E-state index in [-0.39, 0.29) is 6.10 Å². The maximum atomic E-state index is 10.3. The third-order valence-electron chi connectivity index (χ3n) is 4.86. The molecule has 3 nitrogen and oxygen atoms in total. The monoisotopic (exact) mass is 288 g/mol. The predicted octanol–water partition coefficient (Wildman–Crippen LogP) is 2.49. The predicted molar refractivity (Wildman–Crippen MR) is 86.3 cm³/mol. The van der Waals surface area contributed by atoms with Gasteiger partial charge in [0.2, 0.25) is 0 Å². The van der Waals surface area contributed by atoms with Crippen molar-refractivity contribution in [3.05, 3.63) is 35.4 Å². The van der Waals surface area contributed by atoms with Crippen LogP contribution in [-0.4, -0.2) is 42.3 Å². The first kappa shape index (κ1) is 15.0. The molecule has 21 heavy (non-hydrogen) atoms. The van der Waals surface area contributed by atoms with Crippen molar-refractivity contribution in [2.45, 2.75) is 44.8 Å². The summed E-state index contributed by atoms with van der Waals surface area (Å²) in [6.45, 7) is 6.01. The average Bonchev–Trinajstić information content (AvgIpc) is 3.18. The molecule has 2 aliphatic rings. The van der Waals surface area contributed by atoms with Crippen LogP contribution in [0.3, 0.4) is 0 Å². The highest BCUT2D eigenvalue weighted by atomic mass is 16.3. The third-order valence-corrected chi connectivity index (χ3v) is 4.86. The largest absolute Gasteiger partial charge is 0.390 e. The number of nitrogens with one attached hydrogen (secondary N) is 1. The number of rotatable bonds is 7. The van der Waals surface area contributed by atoms with Crippen LogP contribution in [0.5, 0.6) is 0 Å². The van der Waals surface area contributed by atoms with Gasteiger partial charge in [-0.2, -0.15) is 0 Å². The highest BCUT2D eigenvalue weighted by Gasteiger charge is 2.33. The van der Waals surface area contributed by atoms with Gasteiger partial charge in [-0.15, -0.1) is 0 Å². The summed E-state index contributed by atoms with van der Waals surface area (Å²) < 4.78 is 0. The number of hydrogen-bond donors (Lipinski definition) is 2. The molecule has 0 radical (unpaired) electrons. The molecule has 1 heterocycles. The van der Waals surface area contributed by atoms with Crippen molar-refractivity contribution in [2.75, 3.05) is 26.2 Å². The van der Waals surface area contributed by atoms with Gasteiger partial charge < -0.3 is 15.3 Å². The summed E-state index contributed by atoms with van der Waals surface area (Å²) in [6.07, 6.45) is 4.94. The van der Waals surface area contributed by atoms with Gasteiger partial charge in [-0.05, 0) is 62.7 Å². The van der Waals surface area contributed by atoms with Crippen molar-refractivity contribution >= 4 is 0 Å². The molecule has 0 amide bonds. The number of hydrogen-bond acceptors (Lipinski definition) is 3. The summed E-state index contributed by atoms with van der Waals surface area (Å²) in [6, 6.07) is 9.07. The number of nitrogens with zero attached hydrogens (tertiary/aromatic N) is 1. The van der Waals surface area contributed by atoms with Crippen LogP contribution >= 0.6 is 0 Å². The van der Waals surface area contributed by atoms with Gasteiger partial charge in [0, 0.05) is 19.1 Å². The molecule has 116 valence electrons. The zero-order valence-corrected chi connectivity index (χ0v) is 13.1. The maximum Gasteiger partial charge on any atom is 0.0791 e. The van der Waals surface area contributed by atoms with E-state index >= 15 is 0 Å². The highest BCUT2D eigenvalue weighted by Crippen LogP contribution is 2.41. The fourth-order valence-electron chi connectivity index (χ4n) is 3.49. The standard InChI is InChI=1S/C18H28N2O/c1-14-6-2-3-7-17(14)18(15-8-9-15)19-12-16(21)13-20-10-4-5-11-20/h2-3,6-7,15-16,18-19,21H,4-5,8-13H2,1H3. The van der Waals surface area contributed by atoms with Gasteiger partial charge in [-0.25, -0.2) is 0 Å². The van der Waals surface area contributed by atoms with Gasteiger partial charge >= 0.3 is 0 Å². The minimum absolute atomic E-state index is 0.256. The third kappa shape index (κ3) is 4.06. The number of benzene rings is 1. The molecular weight excluding hydrogens is 260 g/mol. The molecular formula is C18H28N2O. The van der Waals surface area contributed by atoms with Crippen molar-refractivity contribution in [1.29, 1.82) is 0 Å². The number of aryl methyl sites for hydroxylation is 1. The highest BCUT2D eigenvalue weighted by molar-refractivity contribution is 5.30. The fraction of sp³-hybridized carbons (Fsp3) is 0.667. The lowest BCUT2D eigenvalue weighted by Gasteiger charge is -2.24. The van der Waals surface area contributed by atoms with Gasteiger partial charge in [0.25, 0.3) is 0 Å². The molecule has 1 aliphatic carbocycles. The summed E-state index contributed by atoms with van der Waals surface area (Å²) in [4.78, 5) is 2.38. The van der Waals surface area contributed by atoms with E-state index < -0.39 is 0 Å². The minimum Gasteiger partial charge on any atom is -0.390 e. The van der Waals surface area contributed by atoms with Crippen LogP contribution in [-0.2, 0) is 0 Å². The second kappa shape index (κ2) is 6.91. The van der Waals surface area contributed by atoms with Crippen molar-refractivity contribution in [3.8, 4) is 0 Å². The normalized spacial score (nSPS) is 22.4. The van der Waals surface area contributed by atoms with Gasteiger partial charge in [0.1, 0.15) is 0 Å². The molecule has 0 aromatic heterocycles. The van der Waals surface area contributed by atoms with Crippen LogP contribution in [0.4, 0.5) is 0 Å². The number of aliphatic hydroxyl groups is 1. The van der Waals surface area contributed by atoms with E-state index in [1.54, 1.807) is 0 Å². The summed E-state index contributed by atoms with van der Waals surface area (Å²) >= 11 is 0. The zero-order chi connectivity index (χ0) is 14.7. The van der Waals surface area contributed by atoms with Crippen LogP contribution in [0.25, 0.3) is 0 Å². The molecule has 1 aromatic rings. The van der Waals surface area contributed by atoms with Crippen molar-refractivity contribution in [3.63, 3.8) is 0 Å². The summed E-state index contributed by atoms with van der Waals surface area (Å²) in [5, 5.41) is 13.9. The second-order valence-electron chi connectivity index (χ2n) is 6.74. The smallest absolute Gasteiger partial charge is 0.0791 e. The van der Waals surface area contributed by atoms with Crippen LogP contribution in [0, 0.1) is 12.8 Å². The first-order chi connectivity index (χ1) is 10.2. The molecule has 2 fully saturated rings. The first-order valence-electron chi connectivity index (χ1n) is 8.43. The fourth-order valence-corrected chi connectivity index (χ4v) is 3.49. The Balaban J connectivity index is 1.54. The SMILES string of the molecule is Cc1ccccc1C(NCC(O)CN1CCCC1)C1CC1. The van der Waals surface area contributed by atoms with Crippen molar-refractivity contribution in [1.82, 2.24) is 10.2 Å². The van der Waals surface area contributed by atoms with Crippen molar-refractivity contribution < 1.29 is 5.11 Å². The molecule has 3 heteroatoms. The van der Waals surface area contributed by atoms with Crippen LogP contribution < -0.4 is 5.32 Å². The van der Waals surface area contributed by atoms with E-state index in [9.17, 15) is 5.11 Å². The summed E-state index contributed by atoms with van der Waals surface area (Å²) in [5.74, 6) is 0.755. The Morgan fingerprint density at radius 3 is 2.62 bits per heavy atom. The van der Waals surface area contributed by atoms with E-state index in [0.29, 0.717) is 12.6 Å². The van der Waals surface area contributed by atoms with E-state index in [1.165, 1.54) is 36.8 Å². The molecule has 2 unspecified atom stereocenters. The van der Waals surface area contributed by atoms with E-state index in [4.69, 9.17) is 0 Å². The van der Waals surface area contributed by atoms with Gasteiger partial charge in [0.05, 0.1) is 6.10 Å². The Bertz CT molecular complexity index is 452. The quantitative estimate of drug-likeness (QED) is 0.809. The molecule has 1 aromatic carbocycles. The van der Waals surface area contributed by atoms with Crippen LogP contribution in [0.15, 0.2) is 24.3 Å². The summed E-state index contributed by atoms with van der Waals surface area (Å²) in [5.41, 5.74) is 2.77. The van der Waals surface area contributed by atoms with Gasteiger partial charge in [0.15, 0.2) is 0 Å². The van der Waals surface area contributed by atoms with Crippen molar-refractivity contribution in [2.24, 2.45) is 5.92 Å². The minimum atomic E-state index is -0.256. The molecule has 1 saturated heterocycles. The van der Waals surface area contributed by atoms with Crippen LogP contribution in [0.1, 0.15) is 42.9 Å². The Morgan fingerprint density at radius 1 is 1.24 bits per heavy atom. The Morgan fingerprint density at radius 2 is 1.95 bits per heavy atom. The lowest BCUT2D eigenvalue weighted by Crippen LogP contribution is -2.38. The second-order valence-corrected chi connectivity index (χ2v) is 6.74. The molecule has 1 aliphatic heterocycles. The Hall–Kier alpha value is -0.900. The molecule has 0 spiro atoms. The number of likely N-dealkylation sites (tertiary alicyclic amines) is 1. The first-order valence-corrected chi connectivity index (χ1v) is 8.43. The maximum absolute atomic E-state index is 10.3. The topological polar surface area (TPSA) is 35.5 Å². The zero-order valence-electron chi connectivity index (χ0n) is 13.1. The Labute approximate surface area is 128 Å². The lowest BCUT2D eigenvalue weighted by atomic mass is 9.97. The van der Waals surface area contributed by atoms with E-state index in [1.807, 2.05) is 0 Å². The van der Waals surface area contributed by atoms with Gasteiger partial charge in [-0.1, -0.05) is 24.3 Å². The Kier molecular flexibility index (Phi) is 4.94.